The van der Waals surface area contributed by atoms with Crippen molar-refractivity contribution in [1.29, 1.82) is 0 Å². The third-order valence-corrected chi connectivity index (χ3v) is 6.37. The number of hydrogen-bond donors (Lipinski definition) is 2. The summed E-state index contributed by atoms with van der Waals surface area (Å²) in [6.45, 7) is 7.25. The van der Waals surface area contributed by atoms with Gasteiger partial charge in [-0.2, -0.15) is 0 Å². The van der Waals surface area contributed by atoms with E-state index in [1.54, 1.807) is 0 Å². The molecule has 1 aliphatic heterocycles. The van der Waals surface area contributed by atoms with Crippen molar-refractivity contribution in [2.45, 2.75) is 70.4 Å². The molecule has 0 unspecified atom stereocenters. The molecule has 2 aliphatic carbocycles. The number of ether oxygens (including phenoxy) is 2. The van der Waals surface area contributed by atoms with E-state index in [0.29, 0.717) is 26.1 Å². The molecule has 3 atom stereocenters. The van der Waals surface area contributed by atoms with Gasteiger partial charge >= 0.3 is 0 Å². The van der Waals surface area contributed by atoms with Gasteiger partial charge in [0.05, 0.1) is 30.3 Å². The van der Waals surface area contributed by atoms with Gasteiger partial charge in [0.2, 0.25) is 0 Å². The highest BCUT2D eigenvalue weighted by Crippen LogP contribution is 2.65. The van der Waals surface area contributed by atoms with Crippen LogP contribution in [0.1, 0.15) is 52.9 Å². The second kappa shape index (κ2) is 3.94. The largest absolute Gasteiger partial charge is 0.392 e. The van der Waals surface area contributed by atoms with Crippen LogP contribution in [0.3, 0.4) is 0 Å². The van der Waals surface area contributed by atoms with E-state index in [2.05, 4.69) is 6.92 Å². The standard InChI is InChI=1S/C15H26O4/c1-12(2)11(16)5-8-13(3)14(12,17)6-4-7-15(13)18-9-10-19-15/h11,16-17H,4-10H2,1-3H3/t11-,13-,14+/m0/s1. The summed E-state index contributed by atoms with van der Waals surface area (Å²) in [5, 5.41) is 21.8. The summed E-state index contributed by atoms with van der Waals surface area (Å²) >= 11 is 0. The topological polar surface area (TPSA) is 58.9 Å². The summed E-state index contributed by atoms with van der Waals surface area (Å²) in [6.07, 6.45) is 3.40. The monoisotopic (exact) mass is 270 g/mol. The van der Waals surface area contributed by atoms with Crippen LogP contribution in [0.15, 0.2) is 0 Å². The lowest BCUT2D eigenvalue weighted by Gasteiger charge is -2.66. The van der Waals surface area contributed by atoms with Gasteiger partial charge in [0, 0.05) is 11.8 Å². The lowest BCUT2D eigenvalue weighted by Crippen LogP contribution is -2.73. The van der Waals surface area contributed by atoms with Gasteiger partial charge in [-0.1, -0.05) is 20.8 Å². The van der Waals surface area contributed by atoms with Crippen LogP contribution in [0.25, 0.3) is 0 Å². The predicted molar refractivity (Wildman–Crippen MR) is 70.6 cm³/mol. The molecule has 2 N–H and O–H groups in total. The van der Waals surface area contributed by atoms with Gasteiger partial charge in [0.15, 0.2) is 5.79 Å². The van der Waals surface area contributed by atoms with Crippen molar-refractivity contribution in [2.24, 2.45) is 10.8 Å². The number of fused-ring (bicyclic) bond motifs is 2. The third-order valence-electron chi connectivity index (χ3n) is 6.37. The molecule has 110 valence electrons. The molecule has 3 rings (SSSR count). The minimum Gasteiger partial charge on any atom is -0.392 e. The fourth-order valence-corrected chi connectivity index (χ4v) is 4.85. The molecular formula is C15H26O4. The van der Waals surface area contributed by atoms with Crippen LogP contribution in [0, 0.1) is 10.8 Å². The van der Waals surface area contributed by atoms with Crippen molar-refractivity contribution in [3.8, 4) is 0 Å². The lowest BCUT2D eigenvalue weighted by atomic mass is 9.45. The van der Waals surface area contributed by atoms with E-state index in [-0.39, 0.29) is 0 Å². The summed E-state index contributed by atoms with van der Waals surface area (Å²) in [5.41, 5.74) is -1.93. The second-order valence-electron chi connectivity index (χ2n) is 7.27. The second-order valence-corrected chi connectivity index (χ2v) is 7.27. The van der Waals surface area contributed by atoms with Crippen molar-refractivity contribution in [3.05, 3.63) is 0 Å². The smallest absolute Gasteiger partial charge is 0.176 e. The van der Waals surface area contributed by atoms with Gasteiger partial charge < -0.3 is 19.7 Å². The van der Waals surface area contributed by atoms with E-state index < -0.39 is 28.3 Å². The normalized spacial score (nSPS) is 48.2. The first kappa shape index (κ1) is 13.8. The molecule has 0 aromatic rings. The zero-order valence-electron chi connectivity index (χ0n) is 12.2. The van der Waals surface area contributed by atoms with Gasteiger partial charge in [0.25, 0.3) is 0 Å². The van der Waals surface area contributed by atoms with Crippen LogP contribution in [0.5, 0.6) is 0 Å². The van der Waals surface area contributed by atoms with E-state index in [1.807, 2.05) is 13.8 Å². The highest BCUT2D eigenvalue weighted by atomic mass is 16.7. The molecule has 0 aromatic heterocycles. The Balaban J connectivity index is 2.09. The molecule has 0 bridgehead atoms. The van der Waals surface area contributed by atoms with Crippen LogP contribution in [-0.2, 0) is 9.47 Å². The van der Waals surface area contributed by atoms with E-state index in [1.165, 1.54) is 0 Å². The first-order valence-electron chi connectivity index (χ1n) is 7.47. The molecule has 4 heteroatoms. The summed E-state index contributed by atoms with van der Waals surface area (Å²) in [4.78, 5) is 0. The van der Waals surface area contributed by atoms with Crippen LogP contribution in [-0.4, -0.2) is 40.9 Å². The minimum atomic E-state index is -0.944. The Bertz CT molecular complexity index is 374. The molecule has 2 saturated carbocycles. The Morgan fingerprint density at radius 3 is 2.26 bits per heavy atom. The Morgan fingerprint density at radius 2 is 1.63 bits per heavy atom. The average molecular weight is 270 g/mol. The molecular weight excluding hydrogens is 244 g/mol. The van der Waals surface area contributed by atoms with Gasteiger partial charge in [0.1, 0.15) is 0 Å². The van der Waals surface area contributed by atoms with E-state index in [4.69, 9.17) is 9.47 Å². The Labute approximate surface area is 115 Å². The van der Waals surface area contributed by atoms with E-state index in [0.717, 1.165) is 19.3 Å². The molecule has 0 aromatic carbocycles. The van der Waals surface area contributed by atoms with Crippen LogP contribution in [0.4, 0.5) is 0 Å². The SMILES string of the molecule is CC1(C)[C@@H](O)CC[C@]2(C)C3(CCC[C@@]12O)OCCO3. The number of hydrogen-bond acceptors (Lipinski definition) is 4. The van der Waals surface area contributed by atoms with Crippen LogP contribution < -0.4 is 0 Å². The maximum Gasteiger partial charge on any atom is 0.176 e. The highest BCUT2D eigenvalue weighted by Gasteiger charge is 2.71. The molecule has 1 spiro atoms. The van der Waals surface area contributed by atoms with Gasteiger partial charge in [-0.05, 0) is 25.7 Å². The van der Waals surface area contributed by atoms with E-state index in [9.17, 15) is 10.2 Å². The van der Waals surface area contributed by atoms with Crippen LogP contribution >= 0.6 is 0 Å². The number of aliphatic hydroxyl groups excluding tert-OH is 1. The molecule has 4 nitrogen and oxygen atoms in total. The average Bonchev–Trinajstić information content (AvgIpc) is 2.82. The maximum absolute atomic E-state index is 11.5. The van der Waals surface area contributed by atoms with Crippen molar-refractivity contribution >= 4 is 0 Å². The molecule has 3 aliphatic rings. The Morgan fingerprint density at radius 1 is 1.00 bits per heavy atom. The Kier molecular flexibility index (Phi) is 2.86. The molecule has 3 fully saturated rings. The van der Waals surface area contributed by atoms with Crippen molar-refractivity contribution < 1.29 is 19.7 Å². The fourth-order valence-electron chi connectivity index (χ4n) is 4.85. The van der Waals surface area contributed by atoms with Crippen molar-refractivity contribution in [2.75, 3.05) is 13.2 Å². The zero-order chi connectivity index (χ0) is 13.9. The maximum atomic E-state index is 11.5. The van der Waals surface area contributed by atoms with E-state index >= 15 is 0 Å². The number of rotatable bonds is 0. The van der Waals surface area contributed by atoms with Crippen molar-refractivity contribution in [1.82, 2.24) is 0 Å². The van der Waals surface area contributed by atoms with Crippen molar-refractivity contribution in [3.63, 3.8) is 0 Å². The molecule has 1 saturated heterocycles. The first-order valence-corrected chi connectivity index (χ1v) is 7.47. The van der Waals surface area contributed by atoms with Gasteiger partial charge in [-0.25, -0.2) is 0 Å². The minimum absolute atomic E-state index is 0.447. The highest BCUT2D eigenvalue weighted by molar-refractivity contribution is 5.18. The molecule has 19 heavy (non-hydrogen) atoms. The third kappa shape index (κ3) is 1.44. The molecule has 1 heterocycles. The summed E-state index contributed by atoms with van der Waals surface area (Å²) in [5.74, 6) is -0.655. The predicted octanol–water partition coefficient (Wildman–Crippen LogP) is 1.83. The van der Waals surface area contributed by atoms with Crippen LogP contribution in [0.2, 0.25) is 0 Å². The quantitative estimate of drug-likeness (QED) is 0.705. The zero-order valence-corrected chi connectivity index (χ0v) is 12.2. The number of aliphatic hydroxyl groups is 2. The molecule has 0 radical (unpaired) electrons. The summed E-state index contributed by atoms with van der Waals surface area (Å²) in [6, 6.07) is 0. The Hall–Kier alpha value is -0.160. The summed E-state index contributed by atoms with van der Waals surface area (Å²) < 4.78 is 12.0. The van der Waals surface area contributed by atoms with Gasteiger partial charge in [-0.3, -0.25) is 0 Å². The first-order chi connectivity index (χ1) is 8.79. The fraction of sp³-hybridized carbons (Fsp3) is 1.00. The van der Waals surface area contributed by atoms with Gasteiger partial charge in [-0.15, -0.1) is 0 Å². The molecule has 0 amide bonds. The summed E-state index contributed by atoms with van der Waals surface area (Å²) in [7, 11) is 0. The lowest BCUT2D eigenvalue weighted by molar-refractivity contribution is -0.354.